The zero-order valence-electron chi connectivity index (χ0n) is 12.5. The molecular weight excluding hydrogens is 304 g/mol. The topological polar surface area (TPSA) is 80.5 Å². The Morgan fingerprint density at radius 3 is 2.14 bits per heavy atom. The molecule has 0 fully saturated rings. The molecule has 2 aromatic rings. The molecule has 7 heteroatoms. The van der Waals surface area contributed by atoms with Gasteiger partial charge in [0.15, 0.2) is 0 Å². The molecular formula is C15H16N2O4S. The molecule has 0 saturated heterocycles. The van der Waals surface area contributed by atoms with Gasteiger partial charge >= 0.3 is 0 Å². The molecule has 2 aromatic carbocycles. The molecule has 0 aliphatic rings. The van der Waals surface area contributed by atoms with Crippen LogP contribution < -0.4 is 4.31 Å². The van der Waals surface area contributed by atoms with E-state index in [0.717, 1.165) is 17.4 Å². The fourth-order valence-electron chi connectivity index (χ4n) is 2.16. The van der Waals surface area contributed by atoms with Crippen LogP contribution in [-0.4, -0.2) is 19.6 Å². The van der Waals surface area contributed by atoms with Crippen LogP contribution in [0.25, 0.3) is 0 Å². The van der Waals surface area contributed by atoms with Crippen LogP contribution in [0.1, 0.15) is 11.1 Å². The lowest BCUT2D eigenvalue weighted by Crippen LogP contribution is -2.25. The van der Waals surface area contributed by atoms with Gasteiger partial charge in [0.2, 0.25) is 10.0 Å². The maximum absolute atomic E-state index is 12.2. The highest BCUT2D eigenvalue weighted by atomic mass is 32.2. The molecule has 0 aliphatic carbocycles. The van der Waals surface area contributed by atoms with Crippen LogP contribution in [0.4, 0.5) is 17.1 Å². The molecule has 0 atom stereocenters. The zero-order chi connectivity index (χ0) is 16.5. The van der Waals surface area contributed by atoms with Crippen LogP contribution in [0.3, 0.4) is 0 Å². The van der Waals surface area contributed by atoms with Crippen LogP contribution in [-0.2, 0) is 10.0 Å². The van der Waals surface area contributed by atoms with Gasteiger partial charge in [-0.25, -0.2) is 12.7 Å². The number of hydrogen-bond donors (Lipinski definition) is 0. The maximum atomic E-state index is 12.2. The van der Waals surface area contributed by atoms with Crippen molar-refractivity contribution in [1.82, 2.24) is 0 Å². The Morgan fingerprint density at radius 1 is 1.05 bits per heavy atom. The smallest absolute Gasteiger partial charge is 0.258 e. The molecule has 0 unspecified atom stereocenters. The predicted octanol–water partition coefficient (Wildman–Crippen LogP) is 3.31. The predicted molar refractivity (Wildman–Crippen MR) is 86.0 cm³/mol. The molecule has 116 valence electrons. The van der Waals surface area contributed by atoms with E-state index >= 15 is 0 Å². The molecule has 0 heterocycles. The second-order valence-corrected chi connectivity index (χ2v) is 6.92. The number of non-ortho nitro benzene ring substituents is 1. The molecule has 0 spiro atoms. The number of rotatable bonds is 4. The lowest BCUT2D eigenvalue weighted by atomic mass is 10.1. The number of benzene rings is 2. The minimum absolute atomic E-state index is 0.0850. The van der Waals surface area contributed by atoms with Crippen LogP contribution in [0, 0.1) is 24.0 Å². The Kier molecular flexibility index (Phi) is 4.18. The van der Waals surface area contributed by atoms with Crippen molar-refractivity contribution in [1.29, 1.82) is 0 Å². The third kappa shape index (κ3) is 3.25. The van der Waals surface area contributed by atoms with Gasteiger partial charge in [0.1, 0.15) is 0 Å². The highest BCUT2D eigenvalue weighted by Gasteiger charge is 2.22. The summed E-state index contributed by atoms with van der Waals surface area (Å²) in [5.74, 6) is 0. The third-order valence-electron chi connectivity index (χ3n) is 3.21. The molecule has 0 saturated carbocycles. The van der Waals surface area contributed by atoms with E-state index in [1.165, 1.54) is 28.6 Å². The summed E-state index contributed by atoms with van der Waals surface area (Å²) in [6.07, 6.45) is 1.11. The normalized spacial score (nSPS) is 11.2. The van der Waals surface area contributed by atoms with Crippen LogP contribution in [0.2, 0.25) is 0 Å². The van der Waals surface area contributed by atoms with Crippen molar-refractivity contribution >= 4 is 27.1 Å². The summed E-state index contributed by atoms with van der Waals surface area (Å²) in [7, 11) is -3.58. The van der Waals surface area contributed by atoms with Gasteiger partial charge in [-0.15, -0.1) is 0 Å². The van der Waals surface area contributed by atoms with Gasteiger partial charge < -0.3 is 0 Å². The quantitative estimate of drug-likeness (QED) is 0.639. The van der Waals surface area contributed by atoms with E-state index in [-0.39, 0.29) is 5.69 Å². The van der Waals surface area contributed by atoms with E-state index in [4.69, 9.17) is 0 Å². The number of nitro groups is 1. The average molecular weight is 320 g/mol. The maximum Gasteiger partial charge on any atom is 0.269 e. The summed E-state index contributed by atoms with van der Waals surface area (Å²) in [5.41, 5.74) is 2.54. The second kappa shape index (κ2) is 5.76. The fourth-order valence-corrected chi connectivity index (χ4v) is 3.22. The molecule has 0 aliphatic heterocycles. The Hall–Kier alpha value is -2.41. The summed E-state index contributed by atoms with van der Waals surface area (Å²) in [6.45, 7) is 3.69. The van der Waals surface area contributed by atoms with Gasteiger partial charge in [-0.1, -0.05) is 12.1 Å². The first kappa shape index (κ1) is 16.0. The lowest BCUT2D eigenvalue weighted by Gasteiger charge is -2.24. The first-order chi connectivity index (χ1) is 10.2. The molecule has 6 nitrogen and oxygen atoms in total. The van der Waals surface area contributed by atoms with Crippen LogP contribution in [0.15, 0.2) is 42.5 Å². The van der Waals surface area contributed by atoms with Crippen molar-refractivity contribution in [2.45, 2.75) is 13.8 Å². The SMILES string of the molecule is Cc1ccc(C)c(N(c2ccc([N+](=O)[O-])cc2)S(C)(=O)=O)c1. The lowest BCUT2D eigenvalue weighted by molar-refractivity contribution is -0.384. The van der Waals surface area contributed by atoms with E-state index in [9.17, 15) is 18.5 Å². The van der Waals surface area contributed by atoms with Gasteiger partial charge in [-0.2, -0.15) is 0 Å². The van der Waals surface area contributed by atoms with Gasteiger partial charge in [0, 0.05) is 12.1 Å². The van der Waals surface area contributed by atoms with E-state index in [0.29, 0.717) is 11.4 Å². The van der Waals surface area contributed by atoms with Gasteiger partial charge in [0.25, 0.3) is 5.69 Å². The Morgan fingerprint density at radius 2 is 1.64 bits per heavy atom. The van der Waals surface area contributed by atoms with Crippen molar-refractivity contribution in [2.24, 2.45) is 0 Å². The average Bonchev–Trinajstić information content (AvgIpc) is 2.42. The summed E-state index contributed by atoms with van der Waals surface area (Å²) in [5, 5.41) is 10.7. The molecule has 22 heavy (non-hydrogen) atoms. The monoisotopic (exact) mass is 320 g/mol. The first-order valence-corrected chi connectivity index (χ1v) is 8.37. The Bertz CT molecular complexity index is 814. The molecule has 2 rings (SSSR count). The molecule has 0 aromatic heterocycles. The zero-order valence-corrected chi connectivity index (χ0v) is 13.3. The van der Waals surface area contributed by atoms with E-state index in [1.54, 1.807) is 6.07 Å². The minimum atomic E-state index is -3.58. The van der Waals surface area contributed by atoms with E-state index in [2.05, 4.69) is 0 Å². The minimum Gasteiger partial charge on any atom is -0.258 e. The highest BCUT2D eigenvalue weighted by Crippen LogP contribution is 2.32. The number of aryl methyl sites for hydroxylation is 2. The summed E-state index contributed by atoms with van der Waals surface area (Å²) >= 11 is 0. The summed E-state index contributed by atoms with van der Waals surface area (Å²) in [4.78, 5) is 10.2. The molecule has 0 radical (unpaired) electrons. The summed E-state index contributed by atoms with van der Waals surface area (Å²) in [6, 6.07) is 11.0. The number of nitrogens with zero attached hydrogens (tertiary/aromatic N) is 2. The number of anilines is 2. The van der Waals surface area contributed by atoms with Crippen molar-refractivity contribution in [2.75, 3.05) is 10.6 Å². The van der Waals surface area contributed by atoms with Gasteiger partial charge in [-0.05, 0) is 43.2 Å². The highest BCUT2D eigenvalue weighted by molar-refractivity contribution is 7.92. The van der Waals surface area contributed by atoms with Crippen molar-refractivity contribution in [3.05, 3.63) is 63.7 Å². The second-order valence-electron chi connectivity index (χ2n) is 5.09. The number of hydrogen-bond acceptors (Lipinski definition) is 4. The van der Waals surface area contributed by atoms with Crippen molar-refractivity contribution < 1.29 is 13.3 Å². The molecule has 0 N–H and O–H groups in total. The van der Waals surface area contributed by atoms with Gasteiger partial charge in [-0.3, -0.25) is 10.1 Å². The van der Waals surface area contributed by atoms with Crippen LogP contribution >= 0.6 is 0 Å². The fraction of sp³-hybridized carbons (Fsp3) is 0.200. The summed E-state index contributed by atoms with van der Waals surface area (Å²) < 4.78 is 25.6. The van der Waals surface area contributed by atoms with Crippen LogP contribution in [0.5, 0.6) is 0 Å². The van der Waals surface area contributed by atoms with E-state index in [1.807, 2.05) is 26.0 Å². The number of sulfonamides is 1. The van der Waals surface area contributed by atoms with Crippen molar-refractivity contribution in [3.8, 4) is 0 Å². The number of nitro benzene ring substituents is 1. The first-order valence-electron chi connectivity index (χ1n) is 6.52. The largest absolute Gasteiger partial charge is 0.269 e. The molecule has 0 amide bonds. The standard InChI is InChI=1S/C15H16N2O4S/c1-11-4-5-12(2)15(10-11)16(22(3,20)21)13-6-8-14(9-7-13)17(18)19/h4-10H,1-3H3. The Labute approximate surface area is 129 Å². The van der Waals surface area contributed by atoms with E-state index < -0.39 is 14.9 Å². The Balaban J connectivity index is 2.61. The van der Waals surface area contributed by atoms with Gasteiger partial charge in [0.05, 0.1) is 22.6 Å². The third-order valence-corrected chi connectivity index (χ3v) is 4.28. The van der Waals surface area contributed by atoms with Crippen molar-refractivity contribution in [3.63, 3.8) is 0 Å². The molecule has 0 bridgehead atoms.